The highest BCUT2D eigenvalue weighted by Gasteiger charge is 2.47. The molecule has 1 saturated carbocycles. The maximum atomic E-state index is 13.3. The van der Waals surface area contributed by atoms with Crippen molar-refractivity contribution in [2.24, 2.45) is 15.4 Å². The van der Waals surface area contributed by atoms with Gasteiger partial charge in [0, 0.05) is 25.4 Å². The number of hydrogen-bond donors (Lipinski definition) is 2. The number of carbonyl (C=O) groups is 2. The lowest BCUT2D eigenvalue weighted by atomic mass is 9.71. The molecule has 10 heteroatoms. The van der Waals surface area contributed by atoms with Gasteiger partial charge in [-0.1, -0.05) is 69.0 Å². The molecule has 0 radical (unpaired) electrons. The summed E-state index contributed by atoms with van der Waals surface area (Å²) < 4.78 is 39.9. The molecule has 0 unspecified atom stereocenters. The highest BCUT2D eigenvalue weighted by atomic mass is 35.5. The third kappa shape index (κ3) is 8.65. The molecule has 210 valence electrons. The van der Waals surface area contributed by atoms with Gasteiger partial charge in [-0.2, -0.15) is 13.2 Å². The monoisotopic (exact) mass is 562 g/mol. The number of alkyl halides is 3. The van der Waals surface area contributed by atoms with Crippen molar-refractivity contribution in [1.29, 1.82) is 0 Å². The number of nitrogens with zero attached hydrogens (tertiary/aromatic N) is 2. The summed E-state index contributed by atoms with van der Waals surface area (Å²) in [7, 11) is 1.49. The van der Waals surface area contributed by atoms with E-state index in [1.807, 2.05) is 24.3 Å². The largest absolute Gasteiger partial charge is 0.390 e. The molecule has 3 amide bonds. The van der Waals surface area contributed by atoms with Gasteiger partial charge in [-0.3, -0.25) is 15.1 Å². The molecule has 3 rings (SSSR count). The summed E-state index contributed by atoms with van der Waals surface area (Å²) in [6.45, 7) is 4.16. The predicted molar refractivity (Wildman–Crippen MR) is 149 cm³/mol. The van der Waals surface area contributed by atoms with Gasteiger partial charge in [0.1, 0.15) is 5.84 Å². The Bertz CT molecular complexity index is 1240. The fraction of sp³-hybridized carbons (Fsp3) is 0.448. The minimum Gasteiger partial charge on any atom is -0.352 e. The van der Waals surface area contributed by atoms with Gasteiger partial charge in [-0.25, -0.2) is 9.79 Å². The number of benzene rings is 2. The molecule has 6 nitrogen and oxygen atoms in total. The van der Waals surface area contributed by atoms with E-state index >= 15 is 0 Å². The third-order valence-electron chi connectivity index (χ3n) is 6.93. The molecular weight excluding hydrogens is 529 g/mol. The zero-order valence-electron chi connectivity index (χ0n) is 22.4. The molecule has 2 aromatic carbocycles. The normalized spacial score (nSPS) is 15.9. The Balaban J connectivity index is 1.69. The molecule has 0 saturated heterocycles. The SMILES string of the molecule is C/N=C(\NC(=O)/N=C/c1cccc(C(C)C)c1)c1cc(CNC(=O)C2(CC(F)(F)F)CCCCC2)ccc1Cl. The highest BCUT2D eigenvalue weighted by Crippen LogP contribution is 2.44. The average Bonchev–Trinajstić information content (AvgIpc) is 2.89. The Hall–Kier alpha value is -3.20. The van der Waals surface area contributed by atoms with Crippen LogP contribution < -0.4 is 10.6 Å². The van der Waals surface area contributed by atoms with Crippen LogP contribution in [0.15, 0.2) is 52.4 Å². The molecule has 39 heavy (non-hydrogen) atoms. The second-order valence-corrected chi connectivity index (χ2v) is 10.6. The van der Waals surface area contributed by atoms with Crippen LogP contribution in [-0.4, -0.2) is 37.2 Å². The van der Waals surface area contributed by atoms with E-state index < -0.39 is 30.0 Å². The van der Waals surface area contributed by atoms with Crippen LogP contribution in [-0.2, 0) is 11.3 Å². The van der Waals surface area contributed by atoms with Crippen molar-refractivity contribution in [3.63, 3.8) is 0 Å². The van der Waals surface area contributed by atoms with E-state index in [1.54, 1.807) is 18.2 Å². The first-order valence-electron chi connectivity index (χ1n) is 13.0. The Morgan fingerprint density at radius 1 is 1.10 bits per heavy atom. The number of rotatable bonds is 7. The van der Waals surface area contributed by atoms with Gasteiger partial charge in [0.05, 0.1) is 16.9 Å². The summed E-state index contributed by atoms with van der Waals surface area (Å²) in [6, 6.07) is 11.9. The maximum absolute atomic E-state index is 13.3. The van der Waals surface area contributed by atoms with Crippen LogP contribution in [0, 0.1) is 5.41 Å². The van der Waals surface area contributed by atoms with E-state index in [1.165, 1.54) is 13.3 Å². The van der Waals surface area contributed by atoms with Crippen LogP contribution in [0.4, 0.5) is 18.0 Å². The standard InChI is InChI=1S/C29H34ClF3N4O2/c1-19(2)22-9-7-8-20(14-22)17-36-27(39)37-25(34-3)23-15-21(10-11-24(23)30)16-35-26(38)28(18-29(31,32)33)12-5-4-6-13-28/h7-11,14-15,17,19H,4-6,12-13,16,18H2,1-3H3,(H,35,38)(H,34,37,39)/b36-17+. The Kier molecular flexibility index (Phi) is 10.3. The van der Waals surface area contributed by atoms with Gasteiger partial charge in [0.2, 0.25) is 5.91 Å². The van der Waals surface area contributed by atoms with Crippen LogP contribution in [0.5, 0.6) is 0 Å². The van der Waals surface area contributed by atoms with Gasteiger partial charge in [0.25, 0.3) is 0 Å². The molecule has 0 aromatic heterocycles. The summed E-state index contributed by atoms with van der Waals surface area (Å²) in [5.41, 5.74) is 1.47. The van der Waals surface area contributed by atoms with E-state index in [-0.39, 0.29) is 25.2 Å². The lowest BCUT2D eigenvalue weighted by Gasteiger charge is -2.36. The minimum absolute atomic E-state index is 0.0118. The maximum Gasteiger partial charge on any atom is 0.390 e. The molecule has 0 atom stereocenters. The zero-order valence-corrected chi connectivity index (χ0v) is 23.1. The smallest absolute Gasteiger partial charge is 0.352 e. The first kappa shape index (κ1) is 30.3. The van der Waals surface area contributed by atoms with E-state index in [4.69, 9.17) is 11.6 Å². The molecule has 2 aromatic rings. The molecule has 0 spiro atoms. The van der Waals surface area contributed by atoms with Crippen molar-refractivity contribution < 1.29 is 22.8 Å². The predicted octanol–water partition coefficient (Wildman–Crippen LogP) is 7.19. The molecule has 0 bridgehead atoms. The summed E-state index contributed by atoms with van der Waals surface area (Å²) >= 11 is 6.37. The molecule has 1 aliphatic carbocycles. The van der Waals surface area contributed by atoms with E-state index in [2.05, 4.69) is 34.5 Å². The lowest BCUT2D eigenvalue weighted by molar-refractivity contribution is -0.172. The van der Waals surface area contributed by atoms with Gasteiger partial charge < -0.3 is 5.32 Å². The first-order valence-corrected chi connectivity index (χ1v) is 13.4. The van der Waals surface area contributed by atoms with Crippen LogP contribution >= 0.6 is 11.6 Å². The Morgan fingerprint density at radius 3 is 2.46 bits per heavy atom. The van der Waals surface area contributed by atoms with Crippen LogP contribution in [0.3, 0.4) is 0 Å². The number of hydrogen-bond acceptors (Lipinski definition) is 3. The van der Waals surface area contributed by atoms with Crippen molar-refractivity contribution in [1.82, 2.24) is 10.6 Å². The van der Waals surface area contributed by atoms with Crippen LogP contribution in [0.1, 0.15) is 80.5 Å². The molecule has 1 aliphatic rings. The second kappa shape index (κ2) is 13.2. The van der Waals surface area contributed by atoms with Gasteiger partial charge in [-0.05, 0) is 53.6 Å². The lowest BCUT2D eigenvalue weighted by Crippen LogP contribution is -2.44. The third-order valence-corrected chi connectivity index (χ3v) is 7.26. The zero-order chi connectivity index (χ0) is 28.6. The quantitative estimate of drug-likeness (QED) is 0.276. The molecule has 0 aliphatic heterocycles. The van der Waals surface area contributed by atoms with Crippen molar-refractivity contribution in [2.45, 2.75) is 71.0 Å². The fourth-order valence-corrected chi connectivity index (χ4v) is 5.05. The fourth-order valence-electron chi connectivity index (χ4n) is 4.84. The summed E-state index contributed by atoms with van der Waals surface area (Å²) in [5.74, 6) is -0.0836. The summed E-state index contributed by atoms with van der Waals surface area (Å²) in [6.07, 6.45) is -1.65. The van der Waals surface area contributed by atoms with Crippen molar-refractivity contribution in [2.75, 3.05) is 7.05 Å². The van der Waals surface area contributed by atoms with Gasteiger partial charge in [-0.15, -0.1) is 0 Å². The van der Waals surface area contributed by atoms with Crippen molar-refractivity contribution in [3.8, 4) is 0 Å². The average molecular weight is 563 g/mol. The molecule has 2 N–H and O–H groups in total. The van der Waals surface area contributed by atoms with Gasteiger partial charge >= 0.3 is 12.2 Å². The number of urea groups is 1. The number of carbonyl (C=O) groups excluding carboxylic acids is 2. The number of aliphatic imine (C=N–C) groups is 2. The second-order valence-electron chi connectivity index (χ2n) is 10.2. The van der Waals surface area contributed by atoms with Crippen LogP contribution in [0.25, 0.3) is 0 Å². The number of halogens is 4. The first-order chi connectivity index (χ1) is 18.4. The number of nitrogens with one attached hydrogen (secondary N) is 2. The highest BCUT2D eigenvalue weighted by molar-refractivity contribution is 6.34. The summed E-state index contributed by atoms with van der Waals surface area (Å²) in [4.78, 5) is 33.6. The number of amidine groups is 1. The summed E-state index contributed by atoms with van der Waals surface area (Å²) in [5, 5.41) is 5.62. The Labute approximate surface area is 232 Å². The molecule has 0 heterocycles. The van der Waals surface area contributed by atoms with Crippen molar-refractivity contribution >= 4 is 35.6 Å². The molecular formula is C29H34ClF3N4O2. The Morgan fingerprint density at radius 2 is 1.82 bits per heavy atom. The van der Waals surface area contributed by atoms with Crippen molar-refractivity contribution in [3.05, 3.63) is 69.7 Å². The number of amides is 3. The van der Waals surface area contributed by atoms with Crippen LogP contribution in [0.2, 0.25) is 5.02 Å². The van der Waals surface area contributed by atoms with Gasteiger partial charge in [0.15, 0.2) is 0 Å². The minimum atomic E-state index is -4.42. The van der Waals surface area contributed by atoms with E-state index in [9.17, 15) is 22.8 Å². The topological polar surface area (TPSA) is 82.9 Å². The van der Waals surface area contributed by atoms with E-state index in [0.29, 0.717) is 34.9 Å². The van der Waals surface area contributed by atoms with E-state index in [0.717, 1.165) is 17.5 Å². The molecule has 1 fully saturated rings.